The summed E-state index contributed by atoms with van der Waals surface area (Å²) in [7, 11) is 0. The highest BCUT2D eigenvalue weighted by atomic mass is 16.5. The quantitative estimate of drug-likeness (QED) is 0.302. The SMILES string of the molecule is N[C@@H]1OC[C@H](O)[C@H](O)[C@@H]1O. The largest absolute Gasteiger partial charge is 0.388 e. The molecular weight excluding hydrogens is 138 g/mol. The molecule has 5 N–H and O–H groups in total. The number of hydrogen-bond donors (Lipinski definition) is 4. The van der Waals surface area contributed by atoms with Crippen LogP contribution >= 0.6 is 0 Å². The molecule has 4 atom stereocenters. The van der Waals surface area contributed by atoms with Crippen molar-refractivity contribution in [3.8, 4) is 0 Å². The Morgan fingerprint density at radius 2 is 1.80 bits per heavy atom. The molecule has 1 aliphatic heterocycles. The van der Waals surface area contributed by atoms with Crippen LogP contribution in [0.15, 0.2) is 0 Å². The van der Waals surface area contributed by atoms with E-state index in [0.717, 1.165) is 0 Å². The van der Waals surface area contributed by atoms with Gasteiger partial charge in [-0.15, -0.1) is 0 Å². The van der Waals surface area contributed by atoms with Gasteiger partial charge in [-0.1, -0.05) is 0 Å². The number of hydrogen-bond acceptors (Lipinski definition) is 5. The smallest absolute Gasteiger partial charge is 0.134 e. The average molecular weight is 149 g/mol. The third kappa shape index (κ3) is 1.28. The van der Waals surface area contributed by atoms with Crippen LogP contribution in [0.5, 0.6) is 0 Å². The minimum atomic E-state index is -1.19. The third-order valence-electron chi connectivity index (χ3n) is 1.54. The summed E-state index contributed by atoms with van der Waals surface area (Å²) in [5.41, 5.74) is 5.19. The summed E-state index contributed by atoms with van der Waals surface area (Å²) >= 11 is 0. The van der Waals surface area contributed by atoms with Crippen LogP contribution in [0.1, 0.15) is 0 Å². The highest BCUT2D eigenvalue weighted by Crippen LogP contribution is 2.11. The van der Waals surface area contributed by atoms with Crippen LogP contribution in [0.4, 0.5) is 0 Å². The lowest BCUT2D eigenvalue weighted by Crippen LogP contribution is -2.56. The van der Waals surface area contributed by atoms with E-state index in [1.54, 1.807) is 0 Å². The molecule has 60 valence electrons. The van der Waals surface area contributed by atoms with Crippen LogP contribution in [0, 0.1) is 0 Å². The van der Waals surface area contributed by atoms with Gasteiger partial charge in [-0.3, -0.25) is 0 Å². The molecule has 0 aliphatic carbocycles. The van der Waals surface area contributed by atoms with Crippen LogP contribution in [0.3, 0.4) is 0 Å². The van der Waals surface area contributed by atoms with E-state index in [9.17, 15) is 0 Å². The molecule has 0 saturated carbocycles. The van der Waals surface area contributed by atoms with Gasteiger partial charge < -0.3 is 25.8 Å². The topological polar surface area (TPSA) is 95.9 Å². The van der Waals surface area contributed by atoms with Gasteiger partial charge in [-0.2, -0.15) is 0 Å². The second-order valence-electron chi connectivity index (χ2n) is 2.35. The summed E-state index contributed by atoms with van der Waals surface area (Å²) in [5.74, 6) is 0. The van der Waals surface area contributed by atoms with E-state index in [1.165, 1.54) is 0 Å². The summed E-state index contributed by atoms with van der Waals surface area (Å²) in [6.45, 7) is -0.0284. The molecule has 5 heteroatoms. The molecule has 0 aromatic carbocycles. The van der Waals surface area contributed by atoms with E-state index >= 15 is 0 Å². The van der Waals surface area contributed by atoms with Crippen LogP contribution in [-0.2, 0) is 4.74 Å². The fourth-order valence-electron chi connectivity index (χ4n) is 0.829. The Bertz CT molecular complexity index is 106. The minimum absolute atomic E-state index is 0.0284. The van der Waals surface area contributed by atoms with Crippen LogP contribution < -0.4 is 5.73 Å². The molecular formula is C5H11NO4. The van der Waals surface area contributed by atoms with E-state index in [1.807, 2.05) is 0 Å². The second kappa shape index (κ2) is 2.81. The lowest BCUT2D eigenvalue weighted by atomic mass is 10.1. The fourth-order valence-corrected chi connectivity index (χ4v) is 0.829. The zero-order chi connectivity index (χ0) is 7.72. The Labute approximate surface area is 58.0 Å². The lowest BCUT2D eigenvalue weighted by Gasteiger charge is -2.32. The van der Waals surface area contributed by atoms with Gasteiger partial charge in [0.05, 0.1) is 6.61 Å². The molecule has 0 unspecified atom stereocenters. The summed E-state index contributed by atoms with van der Waals surface area (Å²) in [6.07, 6.45) is -4.30. The molecule has 0 aromatic rings. The summed E-state index contributed by atoms with van der Waals surface area (Å²) in [6, 6.07) is 0. The van der Waals surface area contributed by atoms with Gasteiger partial charge in [-0.05, 0) is 0 Å². The van der Waals surface area contributed by atoms with Crippen molar-refractivity contribution in [2.24, 2.45) is 5.73 Å². The van der Waals surface area contributed by atoms with E-state index < -0.39 is 24.5 Å². The average Bonchev–Trinajstić information content (AvgIpc) is 1.93. The Morgan fingerprint density at radius 1 is 1.20 bits per heavy atom. The van der Waals surface area contributed by atoms with Gasteiger partial charge in [0, 0.05) is 0 Å². The van der Waals surface area contributed by atoms with Gasteiger partial charge in [0.25, 0.3) is 0 Å². The molecule has 10 heavy (non-hydrogen) atoms. The monoisotopic (exact) mass is 149 g/mol. The summed E-state index contributed by atoms with van der Waals surface area (Å²) in [5, 5.41) is 26.8. The molecule has 0 amide bonds. The molecule has 0 bridgehead atoms. The van der Waals surface area contributed by atoms with E-state index in [4.69, 9.17) is 25.8 Å². The number of nitrogens with two attached hydrogens (primary N) is 1. The van der Waals surface area contributed by atoms with Crippen molar-refractivity contribution in [2.75, 3.05) is 6.61 Å². The van der Waals surface area contributed by atoms with Crippen molar-refractivity contribution in [1.29, 1.82) is 0 Å². The zero-order valence-electron chi connectivity index (χ0n) is 5.34. The molecule has 1 rings (SSSR count). The second-order valence-corrected chi connectivity index (χ2v) is 2.35. The Morgan fingerprint density at radius 3 is 2.30 bits per heavy atom. The van der Waals surface area contributed by atoms with Crippen LogP contribution in [-0.4, -0.2) is 46.5 Å². The minimum Gasteiger partial charge on any atom is -0.388 e. The molecule has 1 heterocycles. The van der Waals surface area contributed by atoms with Crippen molar-refractivity contribution < 1.29 is 20.1 Å². The summed E-state index contributed by atoms with van der Waals surface area (Å²) < 4.78 is 4.69. The van der Waals surface area contributed by atoms with E-state index in [-0.39, 0.29) is 6.61 Å². The van der Waals surface area contributed by atoms with Crippen molar-refractivity contribution in [2.45, 2.75) is 24.5 Å². The van der Waals surface area contributed by atoms with Crippen molar-refractivity contribution in [1.82, 2.24) is 0 Å². The third-order valence-corrected chi connectivity index (χ3v) is 1.54. The normalized spacial score (nSPS) is 49.2. The maximum absolute atomic E-state index is 8.96. The molecule has 1 aliphatic rings. The number of rotatable bonds is 0. The van der Waals surface area contributed by atoms with Crippen molar-refractivity contribution in [3.05, 3.63) is 0 Å². The van der Waals surface area contributed by atoms with Gasteiger partial charge >= 0.3 is 0 Å². The Kier molecular flexibility index (Phi) is 2.22. The van der Waals surface area contributed by atoms with E-state index in [0.29, 0.717) is 0 Å². The maximum Gasteiger partial charge on any atom is 0.134 e. The lowest BCUT2D eigenvalue weighted by molar-refractivity contribution is -0.184. The molecule has 1 saturated heterocycles. The predicted molar refractivity (Wildman–Crippen MR) is 31.9 cm³/mol. The standard InChI is InChI=1S/C5H11NO4/c6-5-4(9)3(8)2(7)1-10-5/h2-5,7-9H,1,6H2/t2-,3-,4-,5+/m0/s1. The molecule has 5 nitrogen and oxygen atoms in total. The van der Waals surface area contributed by atoms with Gasteiger partial charge in [0.1, 0.15) is 24.5 Å². The van der Waals surface area contributed by atoms with Gasteiger partial charge in [0.15, 0.2) is 0 Å². The van der Waals surface area contributed by atoms with Crippen LogP contribution in [0.25, 0.3) is 0 Å². The Hall–Kier alpha value is -0.200. The van der Waals surface area contributed by atoms with Gasteiger partial charge in [-0.25, -0.2) is 0 Å². The van der Waals surface area contributed by atoms with Crippen LogP contribution in [0.2, 0.25) is 0 Å². The number of ether oxygens (including phenoxy) is 1. The first-order valence-corrected chi connectivity index (χ1v) is 3.04. The highest BCUT2D eigenvalue weighted by Gasteiger charge is 2.35. The molecule has 0 spiro atoms. The molecule has 1 fully saturated rings. The highest BCUT2D eigenvalue weighted by molar-refractivity contribution is 4.83. The van der Waals surface area contributed by atoms with Crippen molar-refractivity contribution >= 4 is 0 Å². The fraction of sp³-hybridized carbons (Fsp3) is 1.00. The Balaban J connectivity index is 2.52. The number of aliphatic hydroxyl groups is 3. The zero-order valence-corrected chi connectivity index (χ0v) is 5.34. The number of aliphatic hydroxyl groups excluding tert-OH is 3. The first-order chi connectivity index (χ1) is 4.63. The molecule has 0 aromatic heterocycles. The first kappa shape index (κ1) is 7.90. The van der Waals surface area contributed by atoms with Crippen molar-refractivity contribution in [3.63, 3.8) is 0 Å². The predicted octanol–water partition coefficient (Wildman–Crippen LogP) is -2.62. The maximum atomic E-state index is 8.96. The summed E-state index contributed by atoms with van der Waals surface area (Å²) in [4.78, 5) is 0. The van der Waals surface area contributed by atoms with Gasteiger partial charge in [0.2, 0.25) is 0 Å². The molecule has 0 radical (unpaired) electrons. The van der Waals surface area contributed by atoms with E-state index in [2.05, 4.69) is 0 Å². The first-order valence-electron chi connectivity index (χ1n) is 3.04.